The molecule has 0 aliphatic heterocycles. The van der Waals surface area contributed by atoms with Crippen molar-refractivity contribution in [1.82, 2.24) is 20.2 Å². The summed E-state index contributed by atoms with van der Waals surface area (Å²) in [5, 5.41) is 18.5. The maximum Gasteiger partial charge on any atom is 0.248 e. The number of benzene rings is 1. The molecule has 0 spiro atoms. The summed E-state index contributed by atoms with van der Waals surface area (Å²) in [7, 11) is 0. The van der Waals surface area contributed by atoms with Crippen LogP contribution in [0, 0.1) is 0 Å². The van der Waals surface area contributed by atoms with E-state index in [9.17, 15) is 9.59 Å². The minimum Gasteiger partial charge on any atom is -0.324 e. The van der Waals surface area contributed by atoms with E-state index < -0.39 is 0 Å². The molecule has 0 saturated carbocycles. The first-order valence-electron chi connectivity index (χ1n) is 6.83. The third-order valence-corrected chi connectivity index (χ3v) is 3.78. The monoisotopic (exact) mass is 327 g/mol. The number of ketones is 1. The fourth-order valence-corrected chi connectivity index (χ4v) is 2.67. The van der Waals surface area contributed by atoms with Crippen molar-refractivity contribution in [3.05, 3.63) is 46.7 Å². The van der Waals surface area contributed by atoms with Crippen LogP contribution in [-0.2, 0) is 11.3 Å². The molecular weight excluding hydrogens is 314 g/mol. The summed E-state index contributed by atoms with van der Waals surface area (Å²) in [6, 6.07) is 8.73. The third-order valence-electron chi connectivity index (χ3n) is 3.10. The van der Waals surface area contributed by atoms with Crippen molar-refractivity contribution in [2.75, 3.05) is 5.32 Å². The number of thiophene rings is 1. The van der Waals surface area contributed by atoms with Gasteiger partial charge in [0.25, 0.3) is 0 Å². The quantitative estimate of drug-likeness (QED) is 0.726. The zero-order chi connectivity index (χ0) is 16.2. The van der Waals surface area contributed by atoms with Crippen LogP contribution in [0.25, 0.3) is 11.4 Å². The van der Waals surface area contributed by atoms with Gasteiger partial charge in [-0.1, -0.05) is 12.1 Å². The van der Waals surface area contributed by atoms with Gasteiger partial charge in [-0.15, -0.1) is 10.2 Å². The number of tetrazole rings is 1. The van der Waals surface area contributed by atoms with E-state index in [0.29, 0.717) is 17.1 Å². The number of anilines is 1. The highest BCUT2D eigenvalue weighted by Crippen LogP contribution is 2.17. The Labute approximate surface area is 136 Å². The molecule has 0 fully saturated rings. The van der Waals surface area contributed by atoms with Crippen LogP contribution >= 0.6 is 11.3 Å². The van der Waals surface area contributed by atoms with Gasteiger partial charge in [0, 0.05) is 16.5 Å². The van der Waals surface area contributed by atoms with Crippen LogP contribution in [0.5, 0.6) is 0 Å². The SMILES string of the molecule is CC(=O)c1ccccc1NC(=O)Cn1nnc(-c2ccsc2)n1. The second kappa shape index (κ2) is 6.49. The molecule has 0 aliphatic rings. The lowest BCUT2D eigenvalue weighted by atomic mass is 10.1. The second-order valence-electron chi connectivity index (χ2n) is 4.81. The van der Waals surface area contributed by atoms with Gasteiger partial charge in [-0.3, -0.25) is 9.59 Å². The molecular formula is C15H13N5O2S. The second-order valence-corrected chi connectivity index (χ2v) is 5.59. The molecule has 0 aliphatic carbocycles. The first-order chi connectivity index (χ1) is 11.1. The Morgan fingerprint density at radius 1 is 1.26 bits per heavy atom. The lowest BCUT2D eigenvalue weighted by Gasteiger charge is -2.08. The zero-order valence-electron chi connectivity index (χ0n) is 12.3. The largest absolute Gasteiger partial charge is 0.324 e. The summed E-state index contributed by atoms with van der Waals surface area (Å²) in [5.41, 5.74) is 1.80. The molecule has 7 nitrogen and oxygen atoms in total. The summed E-state index contributed by atoms with van der Waals surface area (Å²) in [6.45, 7) is 1.38. The molecule has 2 heterocycles. The Morgan fingerprint density at radius 2 is 2.09 bits per heavy atom. The van der Waals surface area contributed by atoms with Crippen LogP contribution in [-0.4, -0.2) is 31.9 Å². The number of hydrogen-bond donors (Lipinski definition) is 1. The van der Waals surface area contributed by atoms with Crippen molar-refractivity contribution in [1.29, 1.82) is 0 Å². The highest BCUT2D eigenvalue weighted by atomic mass is 32.1. The zero-order valence-corrected chi connectivity index (χ0v) is 13.1. The van der Waals surface area contributed by atoms with Crippen LogP contribution in [0.3, 0.4) is 0 Å². The van der Waals surface area contributed by atoms with E-state index in [0.717, 1.165) is 5.56 Å². The summed E-state index contributed by atoms with van der Waals surface area (Å²) < 4.78 is 0. The number of nitrogens with one attached hydrogen (secondary N) is 1. The molecule has 1 N–H and O–H groups in total. The smallest absolute Gasteiger partial charge is 0.248 e. The van der Waals surface area contributed by atoms with Crippen molar-refractivity contribution in [3.63, 3.8) is 0 Å². The minimum atomic E-state index is -0.326. The average Bonchev–Trinajstić information content (AvgIpc) is 3.18. The Kier molecular flexibility index (Phi) is 4.24. The van der Waals surface area contributed by atoms with E-state index in [1.807, 2.05) is 16.8 Å². The van der Waals surface area contributed by atoms with Gasteiger partial charge in [0.15, 0.2) is 5.78 Å². The van der Waals surface area contributed by atoms with Crippen LogP contribution in [0.15, 0.2) is 41.1 Å². The molecule has 1 amide bonds. The summed E-state index contributed by atoms with van der Waals surface area (Å²) in [4.78, 5) is 24.9. The van der Waals surface area contributed by atoms with Crippen molar-refractivity contribution in [3.8, 4) is 11.4 Å². The van der Waals surface area contributed by atoms with Gasteiger partial charge in [0.05, 0.1) is 5.69 Å². The molecule has 8 heteroatoms. The van der Waals surface area contributed by atoms with E-state index in [1.165, 1.54) is 23.1 Å². The Hall–Kier alpha value is -2.87. The molecule has 23 heavy (non-hydrogen) atoms. The fraction of sp³-hybridized carbons (Fsp3) is 0.133. The first-order valence-corrected chi connectivity index (χ1v) is 7.78. The van der Waals surface area contributed by atoms with E-state index in [1.54, 1.807) is 24.3 Å². The van der Waals surface area contributed by atoms with Crippen molar-refractivity contribution < 1.29 is 9.59 Å². The van der Waals surface area contributed by atoms with E-state index >= 15 is 0 Å². The third kappa shape index (κ3) is 3.49. The van der Waals surface area contributed by atoms with Crippen molar-refractivity contribution in [2.24, 2.45) is 0 Å². The first kappa shape index (κ1) is 15.0. The number of carbonyl (C=O) groups excluding carboxylic acids is 2. The molecule has 0 radical (unpaired) electrons. The Bertz CT molecular complexity index is 841. The molecule has 1 aromatic carbocycles. The van der Waals surface area contributed by atoms with Crippen LogP contribution in [0.2, 0.25) is 0 Å². The molecule has 0 atom stereocenters. The van der Waals surface area contributed by atoms with Crippen molar-refractivity contribution in [2.45, 2.75) is 13.5 Å². The summed E-state index contributed by atoms with van der Waals surface area (Å²) in [5.74, 6) is 0.0377. The number of rotatable bonds is 5. The minimum absolute atomic E-state index is 0.0800. The van der Waals surface area contributed by atoms with Gasteiger partial charge in [-0.2, -0.15) is 16.1 Å². The number of Topliss-reactive ketones (excluding diaryl/α,β-unsaturated/α-hetero) is 1. The van der Waals surface area contributed by atoms with Crippen molar-refractivity contribution >= 4 is 28.7 Å². The average molecular weight is 327 g/mol. The van der Waals surface area contributed by atoms with Gasteiger partial charge >= 0.3 is 0 Å². The van der Waals surface area contributed by atoms with E-state index in [2.05, 4.69) is 20.7 Å². The van der Waals surface area contributed by atoms with Gasteiger partial charge in [-0.25, -0.2) is 0 Å². The van der Waals surface area contributed by atoms with Gasteiger partial charge in [-0.05, 0) is 35.7 Å². The predicted octanol–water partition coefficient (Wildman–Crippen LogP) is 2.24. The maximum atomic E-state index is 12.1. The van der Waals surface area contributed by atoms with E-state index in [4.69, 9.17) is 0 Å². The molecule has 3 aromatic rings. The summed E-state index contributed by atoms with van der Waals surface area (Å²) in [6.07, 6.45) is 0. The number of carbonyl (C=O) groups is 2. The fourth-order valence-electron chi connectivity index (χ4n) is 2.03. The highest BCUT2D eigenvalue weighted by molar-refractivity contribution is 7.08. The van der Waals surface area contributed by atoms with Crippen LogP contribution in [0.1, 0.15) is 17.3 Å². The highest BCUT2D eigenvalue weighted by Gasteiger charge is 2.12. The van der Waals surface area contributed by atoms with Crippen LogP contribution < -0.4 is 5.32 Å². The molecule has 3 rings (SSSR count). The number of hydrogen-bond acceptors (Lipinski definition) is 6. The normalized spacial score (nSPS) is 10.5. The number of nitrogens with zero attached hydrogens (tertiary/aromatic N) is 4. The predicted molar refractivity (Wildman–Crippen MR) is 86.2 cm³/mol. The van der Waals surface area contributed by atoms with Crippen LogP contribution in [0.4, 0.5) is 5.69 Å². The Balaban J connectivity index is 1.70. The number of para-hydroxylation sites is 1. The Morgan fingerprint density at radius 3 is 2.83 bits per heavy atom. The van der Waals surface area contributed by atoms with Gasteiger partial charge < -0.3 is 5.32 Å². The molecule has 2 aromatic heterocycles. The van der Waals surface area contributed by atoms with E-state index in [-0.39, 0.29) is 18.2 Å². The molecule has 0 saturated heterocycles. The summed E-state index contributed by atoms with van der Waals surface area (Å²) >= 11 is 1.54. The molecule has 0 bridgehead atoms. The maximum absolute atomic E-state index is 12.1. The molecule has 0 unspecified atom stereocenters. The van der Waals surface area contributed by atoms with Gasteiger partial charge in [0.2, 0.25) is 11.7 Å². The lowest BCUT2D eigenvalue weighted by molar-refractivity contribution is -0.117. The van der Waals surface area contributed by atoms with Gasteiger partial charge in [0.1, 0.15) is 6.54 Å². The topological polar surface area (TPSA) is 89.8 Å². The number of aromatic nitrogens is 4. The standard InChI is InChI=1S/C15H13N5O2S/c1-10(21)12-4-2-3-5-13(12)16-14(22)8-20-18-15(17-19-20)11-6-7-23-9-11/h2-7,9H,8H2,1H3,(H,16,22). The molecule has 116 valence electrons. The number of amides is 1. The lowest BCUT2D eigenvalue weighted by Crippen LogP contribution is -2.21.